The number of carbonyl (C=O) groups is 2. The van der Waals surface area contributed by atoms with Crippen LogP contribution in [0.4, 0.5) is 5.69 Å². The molecule has 0 fully saturated rings. The summed E-state index contributed by atoms with van der Waals surface area (Å²) in [4.78, 5) is 31.4. The number of benzene rings is 2. The number of hydrogen-bond acceptors (Lipinski definition) is 5. The summed E-state index contributed by atoms with van der Waals surface area (Å²) in [6.07, 6.45) is 3.57. The molecule has 7 heteroatoms. The molecular weight excluding hydrogens is 394 g/mol. The molecule has 31 heavy (non-hydrogen) atoms. The Labute approximate surface area is 181 Å². The van der Waals surface area contributed by atoms with Crippen molar-refractivity contribution >= 4 is 17.5 Å². The van der Waals surface area contributed by atoms with E-state index in [4.69, 9.17) is 9.47 Å². The molecule has 0 saturated heterocycles. The van der Waals surface area contributed by atoms with Crippen molar-refractivity contribution in [1.82, 2.24) is 9.88 Å². The Bertz CT molecular complexity index is 1010. The van der Waals surface area contributed by atoms with Crippen molar-refractivity contribution in [3.8, 4) is 11.5 Å². The Morgan fingerprint density at radius 1 is 0.968 bits per heavy atom. The number of amides is 2. The molecule has 0 aliphatic heterocycles. The van der Waals surface area contributed by atoms with Crippen LogP contribution in [0.1, 0.15) is 11.1 Å². The number of ether oxygens (including phenoxy) is 2. The maximum atomic E-state index is 13.0. The predicted molar refractivity (Wildman–Crippen MR) is 118 cm³/mol. The largest absolute Gasteiger partial charge is 0.497 e. The number of anilines is 1. The second kappa shape index (κ2) is 10.8. The van der Waals surface area contributed by atoms with Gasteiger partial charge in [0.15, 0.2) is 0 Å². The summed E-state index contributed by atoms with van der Waals surface area (Å²) in [5, 5.41) is 2.82. The molecule has 0 radical (unpaired) electrons. The van der Waals surface area contributed by atoms with Gasteiger partial charge in [0.2, 0.25) is 11.8 Å². The average Bonchev–Trinajstić information content (AvgIpc) is 2.80. The van der Waals surface area contributed by atoms with Crippen LogP contribution in [0.3, 0.4) is 0 Å². The fourth-order valence-electron chi connectivity index (χ4n) is 3.09. The Kier molecular flexibility index (Phi) is 7.59. The molecule has 1 N–H and O–H groups in total. The van der Waals surface area contributed by atoms with Crippen molar-refractivity contribution < 1.29 is 19.1 Å². The zero-order valence-corrected chi connectivity index (χ0v) is 17.6. The molecule has 1 aromatic heterocycles. The zero-order chi connectivity index (χ0) is 22.1. The van der Waals surface area contributed by atoms with Crippen molar-refractivity contribution in [3.63, 3.8) is 0 Å². The fourth-order valence-corrected chi connectivity index (χ4v) is 3.09. The topological polar surface area (TPSA) is 80.8 Å². The van der Waals surface area contributed by atoms with E-state index in [-0.39, 0.29) is 31.3 Å². The molecule has 7 nitrogen and oxygen atoms in total. The van der Waals surface area contributed by atoms with Gasteiger partial charge in [-0.1, -0.05) is 36.4 Å². The van der Waals surface area contributed by atoms with Crippen LogP contribution in [0, 0.1) is 0 Å². The standard InChI is InChI=1S/C24H25N3O4/c1-30-20-10-11-21(22(14-20)31-2)26-23(28)17-27(16-19-9-6-12-25-15-19)24(29)13-18-7-4-3-5-8-18/h3-12,14-15H,13,16-17H2,1-2H3,(H,26,28). The average molecular weight is 419 g/mol. The highest BCUT2D eigenvalue weighted by atomic mass is 16.5. The maximum Gasteiger partial charge on any atom is 0.244 e. The van der Waals surface area contributed by atoms with Crippen LogP contribution in [-0.2, 0) is 22.6 Å². The molecule has 0 saturated carbocycles. The molecule has 2 aromatic carbocycles. The van der Waals surface area contributed by atoms with Gasteiger partial charge in [0.25, 0.3) is 0 Å². The molecule has 3 rings (SSSR count). The van der Waals surface area contributed by atoms with E-state index in [9.17, 15) is 9.59 Å². The van der Waals surface area contributed by atoms with Crippen molar-refractivity contribution in [2.75, 3.05) is 26.1 Å². The summed E-state index contributed by atoms with van der Waals surface area (Å²) in [5.41, 5.74) is 2.24. The van der Waals surface area contributed by atoms with E-state index in [1.807, 2.05) is 36.4 Å². The SMILES string of the molecule is COc1ccc(NC(=O)CN(Cc2cccnc2)C(=O)Cc2ccccc2)c(OC)c1. The van der Waals surface area contributed by atoms with Crippen molar-refractivity contribution in [3.05, 3.63) is 84.2 Å². The van der Waals surface area contributed by atoms with Crippen LogP contribution < -0.4 is 14.8 Å². The van der Waals surface area contributed by atoms with Gasteiger partial charge in [-0.05, 0) is 29.3 Å². The number of methoxy groups -OCH3 is 2. The van der Waals surface area contributed by atoms with Gasteiger partial charge in [-0.2, -0.15) is 0 Å². The van der Waals surface area contributed by atoms with Crippen LogP contribution in [0.2, 0.25) is 0 Å². The number of rotatable bonds is 9. The van der Waals surface area contributed by atoms with Gasteiger partial charge in [-0.15, -0.1) is 0 Å². The Hall–Kier alpha value is -3.87. The van der Waals surface area contributed by atoms with Crippen LogP contribution in [-0.4, -0.2) is 42.5 Å². The zero-order valence-electron chi connectivity index (χ0n) is 17.6. The van der Waals surface area contributed by atoms with E-state index in [0.29, 0.717) is 17.2 Å². The molecule has 2 amide bonds. The van der Waals surface area contributed by atoms with E-state index in [1.54, 1.807) is 43.8 Å². The molecule has 0 unspecified atom stereocenters. The summed E-state index contributed by atoms with van der Waals surface area (Å²) in [5.74, 6) is 0.619. The number of nitrogens with one attached hydrogen (secondary N) is 1. The Morgan fingerprint density at radius 3 is 2.42 bits per heavy atom. The minimum absolute atomic E-state index is 0.101. The minimum Gasteiger partial charge on any atom is -0.497 e. The first kappa shape index (κ1) is 21.8. The van der Waals surface area contributed by atoms with Crippen molar-refractivity contribution in [2.45, 2.75) is 13.0 Å². The Morgan fingerprint density at radius 2 is 1.74 bits per heavy atom. The van der Waals surface area contributed by atoms with E-state index < -0.39 is 0 Å². The molecule has 0 bridgehead atoms. The summed E-state index contributed by atoms with van der Waals surface area (Å²) in [6, 6.07) is 18.2. The van der Waals surface area contributed by atoms with Gasteiger partial charge in [0, 0.05) is 25.0 Å². The molecule has 0 atom stereocenters. The first-order chi connectivity index (χ1) is 15.1. The molecule has 0 spiro atoms. The third-order valence-electron chi connectivity index (χ3n) is 4.66. The molecule has 160 valence electrons. The summed E-state index contributed by atoms with van der Waals surface area (Å²) >= 11 is 0. The van der Waals surface area contributed by atoms with Crippen molar-refractivity contribution in [1.29, 1.82) is 0 Å². The van der Waals surface area contributed by atoms with Crippen LogP contribution >= 0.6 is 0 Å². The van der Waals surface area contributed by atoms with Crippen LogP contribution in [0.25, 0.3) is 0 Å². The van der Waals surface area contributed by atoms with Crippen molar-refractivity contribution in [2.24, 2.45) is 0 Å². The maximum absolute atomic E-state index is 13.0. The van der Waals surface area contributed by atoms with Gasteiger partial charge >= 0.3 is 0 Å². The second-order valence-corrected chi connectivity index (χ2v) is 6.89. The monoisotopic (exact) mass is 419 g/mol. The Balaban J connectivity index is 1.74. The lowest BCUT2D eigenvalue weighted by atomic mass is 10.1. The highest BCUT2D eigenvalue weighted by Gasteiger charge is 2.19. The highest BCUT2D eigenvalue weighted by molar-refractivity contribution is 5.96. The third kappa shape index (κ3) is 6.30. The molecule has 1 heterocycles. The predicted octanol–water partition coefficient (Wildman–Crippen LogP) is 3.31. The van der Waals surface area contributed by atoms with Crippen LogP contribution in [0.5, 0.6) is 11.5 Å². The van der Waals surface area contributed by atoms with E-state index in [1.165, 1.54) is 12.0 Å². The number of hydrogen-bond donors (Lipinski definition) is 1. The first-order valence-corrected chi connectivity index (χ1v) is 9.81. The number of aromatic nitrogens is 1. The molecule has 0 aliphatic carbocycles. The number of nitrogens with zero attached hydrogens (tertiary/aromatic N) is 2. The van der Waals surface area contributed by atoms with Gasteiger partial charge in [-0.3, -0.25) is 14.6 Å². The molecule has 0 aliphatic rings. The summed E-state index contributed by atoms with van der Waals surface area (Å²) in [6.45, 7) is 0.183. The van der Waals surface area contributed by atoms with Gasteiger partial charge < -0.3 is 19.7 Å². The van der Waals surface area contributed by atoms with E-state index in [0.717, 1.165) is 11.1 Å². The minimum atomic E-state index is -0.325. The smallest absolute Gasteiger partial charge is 0.244 e. The lowest BCUT2D eigenvalue weighted by Gasteiger charge is -2.23. The summed E-state index contributed by atoms with van der Waals surface area (Å²) < 4.78 is 10.5. The van der Waals surface area contributed by atoms with E-state index in [2.05, 4.69) is 10.3 Å². The summed E-state index contributed by atoms with van der Waals surface area (Å²) in [7, 11) is 3.07. The fraction of sp³-hybridized carbons (Fsp3) is 0.208. The highest BCUT2D eigenvalue weighted by Crippen LogP contribution is 2.29. The van der Waals surface area contributed by atoms with Gasteiger partial charge in [-0.25, -0.2) is 0 Å². The second-order valence-electron chi connectivity index (χ2n) is 6.89. The van der Waals surface area contributed by atoms with Gasteiger partial charge in [0.1, 0.15) is 18.0 Å². The first-order valence-electron chi connectivity index (χ1n) is 9.81. The quantitative estimate of drug-likeness (QED) is 0.576. The van der Waals surface area contributed by atoms with E-state index >= 15 is 0 Å². The van der Waals surface area contributed by atoms with Crippen LogP contribution in [0.15, 0.2) is 73.1 Å². The molecule has 3 aromatic rings. The lowest BCUT2D eigenvalue weighted by Crippen LogP contribution is -2.38. The number of pyridine rings is 1. The third-order valence-corrected chi connectivity index (χ3v) is 4.66. The lowest BCUT2D eigenvalue weighted by molar-refractivity contribution is -0.134. The number of carbonyl (C=O) groups excluding carboxylic acids is 2. The normalized spacial score (nSPS) is 10.3. The molecular formula is C24H25N3O4. The van der Waals surface area contributed by atoms with Gasteiger partial charge in [0.05, 0.1) is 26.3 Å².